The largest absolute Gasteiger partial charge is 0.365 e. The second-order valence-corrected chi connectivity index (χ2v) is 5.87. The van der Waals surface area contributed by atoms with Crippen molar-refractivity contribution < 1.29 is 4.21 Å². The Morgan fingerprint density at radius 1 is 1.50 bits per heavy atom. The van der Waals surface area contributed by atoms with E-state index < -0.39 is 10.8 Å². The van der Waals surface area contributed by atoms with E-state index in [9.17, 15) is 4.21 Å². The van der Waals surface area contributed by atoms with Crippen LogP contribution in [0.2, 0.25) is 0 Å². The van der Waals surface area contributed by atoms with Gasteiger partial charge in [-0.3, -0.25) is 4.21 Å². The zero-order valence-electron chi connectivity index (χ0n) is 10.2. The van der Waals surface area contributed by atoms with Crippen LogP contribution in [0.5, 0.6) is 0 Å². The fourth-order valence-electron chi connectivity index (χ4n) is 2.35. The molecular formula is C13H15N3OS. The molecule has 1 aromatic carbocycles. The normalized spacial score (nSPS) is 15.7. The average Bonchev–Trinajstić information content (AvgIpc) is 2.99. The maximum absolute atomic E-state index is 11.5. The van der Waals surface area contributed by atoms with Crippen LogP contribution in [0, 0.1) is 0 Å². The third-order valence-electron chi connectivity index (χ3n) is 3.30. The molecule has 5 heteroatoms. The van der Waals surface area contributed by atoms with Crippen LogP contribution < -0.4 is 4.90 Å². The van der Waals surface area contributed by atoms with Gasteiger partial charge in [0.2, 0.25) is 0 Å². The molecule has 0 saturated heterocycles. The van der Waals surface area contributed by atoms with Crippen molar-refractivity contribution in [1.82, 2.24) is 9.97 Å². The second-order valence-electron chi connectivity index (χ2n) is 4.49. The molecule has 0 amide bonds. The first-order chi connectivity index (χ1) is 8.74. The predicted octanol–water partition coefficient (Wildman–Crippen LogP) is 1.71. The first-order valence-electron chi connectivity index (χ1n) is 5.92. The summed E-state index contributed by atoms with van der Waals surface area (Å²) in [4.78, 5) is 10.4. The van der Waals surface area contributed by atoms with Gasteiger partial charge in [0.1, 0.15) is 0 Å². The predicted molar refractivity (Wildman–Crippen MR) is 72.1 cm³/mol. The molecule has 2 aromatic rings. The summed E-state index contributed by atoms with van der Waals surface area (Å²) in [7, 11) is -0.922. The Bertz CT molecular complexity index is 580. The van der Waals surface area contributed by atoms with Gasteiger partial charge in [-0.1, -0.05) is 6.07 Å². The Balaban J connectivity index is 1.90. The number of anilines is 1. The summed E-state index contributed by atoms with van der Waals surface area (Å²) in [6.07, 6.45) is 6.32. The highest BCUT2D eigenvalue weighted by Crippen LogP contribution is 2.30. The van der Waals surface area contributed by atoms with E-state index in [1.165, 1.54) is 11.3 Å². The van der Waals surface area contributed by atoms with Crippen molar-refractivity contribution in [1.29, 1.82) is 0 Å². The number of hydrogen-bond acceptors (Lipinski definition) is 3. The Morgan fingerprint density at radius 3 is 3.11 bits per heavy atom. The lowest BCUT2D eigenvalue weighted by Gasteiger charge is -2.18. The highest BCUT2D eigenvalue weighted by Gasteiger charge is 2.20. The monoisotopic (exact) mass is 261 g/mol. The average molecular weight is 261 g/mol. The molecule has 0 aliphatic carbocycles. The molecule has 0 saturated carbocycles. The fraction of sp³-hybridized carbons (Fsp3) is 0.308. The molecule has 0 unspecified atom stereocenters. The third-order valence-corrected chi connectivity index (χ3v) is 4.21. The zero-order valence-corrected chi connectivity index (χ0v) is 11.0. The Morgan fingerprint density at radius 2 is 2.39 bits per heavy atom. The number of rotatable bonds is 3. The van der Waals surface area contributed by atoms with Gasteiger partial charge >= 0.3 is 0 Å². The summed E-state index contributed by atoms with van der Waals surface area (Å²) in [5, 5.41) is 0. The standard InChI is InChI=1S/C13H15N3OS/c1-18(17)12-3-2-10-4-5-16(13(10)6-12)8-11-7-14-9-15-11/h2-3,6-7,9H,4-5,8H2,1H3,(H,14,15)/t18-/m0/s1. The highest BCUT2D eigenvalue weighted by atomic mass is 32.2. The van der Waals surface area contributed by atoms with Gasteiger partial charge in [0.15, 0.2) is 0 Å². The van der Waals surface area contributed by atoms with E-state index in [1.54, 1.807) is 12.6 Å². The van der Waals surface area contributed by atoms with E-state index in [1.807, 2.05) is 12.3 Å². The van der Waals surface area contributed by atoms with Gasteiger partial charge in [-0.25, -0.2) is 4.98 Å². The number of benzene rings is 1. The lowest BCUT2D eigenvalue weighted by atomic mass is 10.2. The summed E-state index contributed by atoms with van der Waals surface area (Å²) < 4.78 is 11.5. The molecule has 4 nitrogen and oxygen atoms in total. The van der Waals surface area contributed by atoms with Gasteiger partial charge in [0.25, 0.3) is 0 Å². The van der Waals surface area contributed by atoms with Crippen LogP contribution in [0.4, 0.5) is 5.69 Å². The van der Waals surface area contributed by atoms with Crippen LogP contribution in [0.1, 0.15) is 11.3 Å². The fourth-order valence-corrected chi connectivity index (χ4v) is 2.88. The number of nitrogens with zero attached hydrogens (tertiary/aromatic N) is 2. The number of aromatic amines is 1. The molecule has 1 aromatic heterocycles. The molecule has 18 heavy (non-hydrogen) atoms. The van der Waals surface area contributed by atoms with Crippen LogP contribution in [0.3, 0.4) is 0 Å². The highest BCUT2D eigenvalue weighted by molar-refractivity contribution is 7.84. The smallest absolute Gasteiger partial charge is 0.0922 e. The van der Waals surface area contributed by atoms with Crippen molar-refractivity contribution in [2.75, 3.05) is 17.7 Å². The van der Waals surface area contributed by atoms with E-state index >= 15 is 0 Å². The molecule has 0 radical (unpaired) electrons. The van der Waals surface area contributed by atoms with Crippen LogP contribution in [0.15, 0.2) is 35.6 Å². The van der Waals surface area contributed by atoms with Crippen LogP contribution in [0.25, 0.3) is 0 Å². The van der Waals surface area contributed by atoms with Crippen LogP contribution in [-0.4, -0.2) is 27.0 Å². The lowest BCUT2D eigenvalue weighted by Crippen LogP contribution is -2.19. The minimum Gasteiger partial charge on any atom is -0.365 e. The molecule has 1 aliphatic rings. The quantitative estimate of drug-likeness (QED) is 0.915. The van der Waals surface area contributed by atoms with Gasteiger partial charge in [-0.05, 0) is 24.1 Å². The van der Waals surface area contributed by atoms with Crippen LogP contribution in [-0.2, 0) is 23.8 Å². The summed E-state index contributed by atoms with van der Waals surface area (Å²) >= 11 is 0. The molecule has 3 rings (SSSR count). The Hall–Kier alpha value is -1.62. The summed E-state index contributed by atoms with van der Waals surface area (Å²) in [6.45, 7) is 1.83. The van der Waals surface area contributed by atoms with Gasteiger partial charge < -0.3 is 9.88 Å². The molecule has 1 N–H and O–H groups in total. The Labute approximate surface area is 109 Å². The molecule has 1 atom stereocenters. The van der Waals surface area contributed by atoms with E-state index in [-0.39, 0.29) is 0 Å². The van der Waals surface area contributed by atoms with Gasteiger partial charge in [0, 0.05) is 40.4 Å². The maximum atomic E-state index is 11.5. The summed E-state index contributed by atoms with van der Waals surface area (Å²) in [6, 6.07) is 6.11. The van der Waals surface area contributed by atoms with Gasteiger partial charge in [-0.15, -0.1) is 0 Å². The number of imidazole rings is 1. The molecule has 1 aliphatic heterocycles. The number of H-pyrrole nitrogens is 1. The van der Waals surface area contributed by atoms with E-state index in [0.717, 1.165) is 30.1 Å². The van der Waals surface area contributed by atoms with Crippen molar-refractivity contribution in [3.63, 3.8) is 0 Å². The third kappa shape index (κ3) is 2.06. The topological polar surface area (TPSA) is 49.0 Å². The maximum Gasteiger partial charge on any atom is 0.0922 e. The van der Waals surface area contributed by atoms with Gasteiger partial charge in [0.05, 0.1) is 18.6 Å². The lowest BCUT2D eigenvalue weighted by molar-refractivity contribution is 0.687. The number of nitrogens with one attached hydrogen (secondary N) is 1. The van der Waals surface area contributed by atoms with Gasteiger partial charge in [-0.2, -0.15) is 0 Å². The second kappa shape index (κ2) is 4.57. The van der Waals surface area contributed by atoms with Crippen molar-refractivity contribution >= 4 is 16.5 Å². The minimum atomic E-state index is -0.922. The SMILES string of the molecule is C[S@](=O)c1ccc2c(c1)N(Cc1cnc[nH]1)CC2. The summed E-state index contributed by atoms with van der Waals surface area (Å²) in [5.74, 6) is 0. The molecular weight excluding hydrogens is 246 g/mol. The first-order valence-corrected chi connectivity index (χ1v) is 7.48. The number of aromatic nitrogens is 2. The van der Waals surface area contributed by atoms with E-state index in [2.05, 4.69) is 27.0 Å². The van der Waals surface area contributed by atoms with Crippen molar-refractivity contribution in [3.8, 4) is 0 Å². The molecule has 2 heterocycles. The Kier molecular flexibility index (Phi) is 2.91. The summed E-state index contributed by atoms with van der Waals surface area (Å²) in [5.41, 5.74) is 3.65. The van der Waals surface area contributed by atoms with Crippen molar-refractivity contribution in [3.05, 3.63) is 42.0 Å². The van der Waals surface area contributed by atoms with Crippen LogP contribution >= 0.6 is 0 Å². The molecule has 0 spiro atoms. The molecule has 0 bridgehead atoms. The number of fused-ring (bicyclic) bond motifs is 1. The molecule has 0 fully saturated rings. The molecule has 94 valence electrons. The zero-order chi connectivity index (χ0) is 12.5. The van der Waals surface area contributed by atoms with Crippen molar-refractivity contribution in [2.45, 2.75) is 17.9 Å². The number of hydrogen-bond donors (Lipinski definition) is 1. The van der Waals surface area contributed by atoms with E-state index in [4.69, 9.17) is 0 Å². The van der Waals surface area contributed by atoms with Crippen molar-refractivity contribution in [2.24, 2.45) is 0 Å². The first kappa shape index (κ1) is 11.5. The van der Waals surface area contributed by atoms with E-state index in [0.29, 0.717) is 0 Å². The minimum absolute atomic E-state index is 0.826.